The topological polar surface area (TPSA) is 55.1 Å². The molecule has 0 saturated heterocycles. The van der Waals surface area contributed by atoms with Crippen molar-refractivity contribution in [3.63, 3.8) is 0 Å². The Morgan fingerprint density at radius 1 is 1.05 bits per heavy atom. The average molecular weight is 276 g/mol. The summed E-state index contributed by atoms with van der Waals surface area (Å²) >= 11 is 0. The van der Waals surface area contributed by atoms with Crippen LogP contribution in [0.3, 0.4) is 0 Å². The molecule has 112 valence electrons. The summed E-state index contributed by atoms with van der Waals surface area (Å²) in [4.78, 5) is 11.8. The normalized spacial score (nSPS) is 12.4. The van der Waals surface area contributed by atoms with Crippen LogP contribution >= 0.6 is 0 Å². The summed E-state index contributed by atoms with van der Waals surface area (Å²) in [5, 5.41) is 3.05. The molecule has 0 aliphatic heterocycles. The number of amides is 1. The molecule has 1 atom stereocenters. The van der Waals surface area contributed by atoms with Gasteiger partial charge in [0, 0.05) is 6.42 Å². The van der Waals surface area contributed by atoms with Crippen molar-refractivity contribution in [2.75, 3.05) is 6.54 Å². The van der Waals surface area contributed by atoms with Crippen LogP contribution < -0.4 is 11.1 Å². The smallest absolute Gasteiger partial charge is 0.220 e. The Morgan fingerprint density at radius 2 is 1.65 bits per heavy atom. The first-order chi connectivity index (χ1) is 9.54. The summed E-state index contributed by atoms with van der Waals surface area (Å²) in [7, 11) is 0. The quantitative estimate of drug-likeness (QED) is 0.714. The number of hydrogen-bond acceptors (Lipinski definition) is 2. The molecule has 0 aromatic heterocycles. The summed E-state index contributed by atoms with van der Waals surface area (Å²) in [6.45, 7) is 7.10. The Labute approximate surface area is 122 Å². The predicted octanol–water partition coefficient (Wildman–Crippen LogP) is 3.51. The van der Waals surface area contributed by atoms with Crippen LogP contribution in [0.25, 0.3) is 0 Å². The van der Waals surface area contributed by atoms with Crippen molar-refractivity contribution in [2.45, 2.75) is 58.4 Å². The van der Waals surface area contributed by atoms with Gasteiger partial charge < -0.3 is 11.1 Å². The first-order valence-electron chi connectivity index (χ1n) is 7.64. The van der Waals surface area contributed by atoms with Gasteiger partial charge in [0.1, 0.15) is 0 Å². The molecule has 0 aliphatic carbocycles. The monoisotopic (exact) mass is 276 g/mol. The van der Waals surface area contributed by atoms with Gasteiger partial charge in [0.25, 0.3) is 0 Å². The Balaban J connectivity index is 2.41. The van der Waals surface area contributed by atoms with Crippen LogP contribution in [0.1, 0.15) is 69.5 Å². The molecule has 3 nitrogen and oxygen atoms in total. The van der Waals surface area contributed by atoms with Gasteiger partial charge >= 0.3 is 0 Å². The van der Waals surface area contributed by atoms with Crippen LogP contribution in [0.2, 0.25) is 0 Å². The van der Waals surface area contributed by atoms with Crippen LogP contribution in [0.5, 0.6) is 0 Å². The summed E-state index contributed by atoms with van der Waals surface area (Å²) < 4.78 is 0. The lowest BCUT2D eigenvalue weighted by molar-refractivity contribution is -0.121. The first kappa shape index (κ1) is 16.7. The molecule has 0 aliphatic rings. The molecule has 3 N–H and O–H groups in total. The Hall–Kier alpha value is -1.35. The van der Waals surface area contributed by atoms with E-state index in [1.54, 1.807) is 0 Å². The molecule has 1 unspecified atom stereocenters. The SMILES string of the molecule is CC(C)c1ccc(C(C)NC(=O)CCCCCN)cc1. The average Bonchev–Trinajstić information content (AvgIpc) is 2.43. The van der Waals surface area contributed by atoms with E-state index in [4.69, 9.17) is 5.73 Å². The number of unbranched alkanes of at least 4 members (excludes halogenated alkanes) is 2. The Kier molecular flexibility index (Phi) is 7.31. The van der Waals surface area contributed by atoms with Crippen molar-refractivity contribution in [3.05, 3.63) is 35.4 Å². The highest BCUT2D eigenvalue weighted by atomic mass is 16.1. The van der Waals surface area contributed by atoms with Crippen molar-refractivity contribution in [1.82, 2.24) is 5.32 Å². The van der Waals surface area contributed by atoms with Crippen molar-refractivity contribution >= 4 is 5.91 Å². The number of nitrogens with one attached hydrogen (secondary N) is 1. The van der Waals surface area contributed by atoms with E-state index in [9.17, 15) is 4.79 Å². The molecule has 0 spiro atoms. The van der Waals surface area contributed by atoms with Crippen LogP contribution in [0.4, 0.5) is 0 Å². The highest BCUT2D eigenvalue weighted by Gasteiger charge is 2.09. The Bertz CT molecular complexity index is 398. The van der Waals surface area contributed by atoms with Gasteiger partial charge in [0.2, 0.25) is 5.91 Å². The summed E-state index contributed by atoms with van der Waals surface area (Å²) in [6, 6.07) is 8.57. The molecule has 0 heterocycles. The van der Waals surface area contributed by atoms with E-state index in [1.165, 1.54) is 5.56 Å². The largest absolute Gasteiger partial charge is 0.350 e. The van der Waals surface area contributed by atoms with E-state index < -0.39 is 0 Å². The third-order valence-corrected chi connectivity index (χ3v) is 3.59. The fraction of sp³-hybridized carbons (Fsp3) is 0.588. The van der Waals surface area contributed by atoms with Crippen LogP contribution in [-0.4, -0.2) is 12.5 Å². The lowest BCUT2D eigenvalue weighted by Crippen LogP contribution is -2.26. The van der Waals surface area contributed by atoms with Crippen molar-refractivity contribution < 1.29 is 4.79 Å². The van der Waals surface area contributed by atoms with Gasteiger partial charge in [-0.2, -0.15) is 0 Å². The lowest BCUT2D eigenvalue weighted by Gasteiger charge is -2.15. The summed E-state index contributed by atoms with van der Waals surface area (Å²) in [6.07, 6.45) is 3.54. The molecule has 1 amide bonds. The minimum atomic E-state index is 0.0678. The van der Waals surface area contributed by atoms with E-state index >= 15 is 0 Å². The van der Waals surface area contributed by atoms with Gasteiger partial charge in [-0.15, -0.1) is 0 Å². The zero-order valence-electron chi connectivity index (χ0n) is 13.0. The predicted molar refractivity (Wildman–Crippen MR) is 84.6 cm³/mol. The maximum atomic E-state index is 11.8. The third-order valence-electron chi connectivity index (χ3n) is 3.59. The highest BCUT2D eigenvalue weighted by molar-refractivity contribution is 5.76. The zero-order valence-corrected chi connectivity index (χ0v) is 13.0. The molecule has 1 rings (SSSR count). The van der Waals surface area contributed by atoms with E-state index in [0.717, 1.165) is 24.8 Å². The maximum Gasteiger partial charge on any atom is 0.220 e. The molecular weight excluding hydrogens is 248 g/mol. The number of benzene rings is 1. The molecular formula is C17H28N2O. The Morgan fingerprint density at radius 3 is 2.20 bits per heavy atom. The number of nitrogens with two attached hydrogens (primary N) is 1. The fourth-order valence-electron chi connectivity index (χ4n) is 2.17. The number of carbonyl (C=O) groups excluding carboxylic acids is 1. The minimum Gasteiger partial charge on any atom is -0.350 e. The van der Waals surface area contributed by atoms with Crippen LogP contribution in [-0.2, 0) is 4.79 Å². The third kappa shape index (κ3) is 5.74. The van der Waals surface area contributed by atoms with Gasteiger partial charge in [-0.1, -0.05) is 44.5 Å². The number of rotatable bonds is 8. The fourth-order valence-corrected chi connectivity index (χ4v) is 2.17. The maximum absolute atomic E-state index is 11.8. The number of hydrogen-bond donors (Lipinski definition) is 2. The van der Waals surface area contributed by atoms with E-state index in [-0.39, 0.29) is 11.9 Å². The van der Waals surface area contributed by atoms with Crippen molar-refractivity contribution in [3.8, 4) is 0 Å². The van der Waals surface area contributed by atoms with Gasteiger partial charge in [-0.05, 0) is 43.4 Å². The molecule has 20 heavy (non-hydrogen) atoms. The molecule has 1 aromatic rings. The molecule has 0 bridgehead atoms. The first-order valence-corrected chi connectivity index (χ1v) is 7.64. The second-order valence-corrected chi connectivity index (χ2v) is 5.71. The second kappa shape index (κ2) is 8.75. The minimum absolute atomic E-state index is 0.0678. The standard InChI is InChI=1S/C17H28N2O/c1-13(2)15-8-10-16(11-9-15)14(3)19-17(20)7-5-4-6-12-18/h8-11,13-14H,4-7,12,18H2,1-3H3,(H,19,20). The zero-order chi connectivity index (χ0) is 15.0. The van der Waals surface area contributed by atoms with Crippen molar-refractivity contribution in [1.29, 1.82) is 0 Å². The second-order valence-electron chi connectivity index (χ2n) is 5.71. The van der Waals surface area contributed by atoms with Crippen LogP contribution in [0.15, 0.2) is 24.3 Å². The molecule has 0 fully saturated rings. The van der Waals surface area contributed by atoms with Crippen LogP contribution in [0, 0.1) is 0 Å². The van der Waals surface area contributed by atoms with Crippen molar-refractivity contribution in [2.24, 2.45) is 5.73 Å². The van der Waals surface area contributed by atoms with Gasteiger partial charge in [-0.3, -0.25) is 4.79 Å². The molecule has 0 saturated carbocycles. The summed E-state index contributed by atoms with van der Waals surface area (Å²) in [5.74, 6) is 0.666. The van der Waals surface area contributed by atoms with E-state index in [1.807, 2.05) is 6.92 Å². The van der Waals surface area contributed by atoms with Gasteiger partial charge in [0.05, 0.1) is 6.04 Å². The highest BCUT2D eigenvalue weighted by Crippen LogP contribution is 2.18. The molecule has 0 radical (unpaired) electrons. The lowest BCUT2D eigenvalue weighted by atomic mass is 9.99. The van der Waals surface area contributed by atoms with E-state index in [2.05, 4.69) is 43.4 Å². The van der Waals surface area contributed by atoms with Gasteiger partial charge in [-0.25, -0.2) is 0 Å². The van der Waals surface area contributed by atoms with E-state index in [0.29, 0.717) is 18.9 Å². The van der Waals surface area contributed by atoms with Gasteiger partial charge in [0.15, 0.2) is 0 Å². The molecule has 1 aromatic carbocycles. The number of carbonyl (C=O) groups is 1. The summed E-state index contributed by atoms with van der Waals surface area (Å²) in [5.41, 5.74) is 7.92. The molecule has 3 heteroatoms.